The molecule has 0 heterocycles. The molecule has 0 aromatic heterocycles. The Balaban J connectivity index is 1.80. The topological polar surface area (TPSA) is 21.3 Å². The van der Waals surface area contributed by atoms with Gasteiger partial charge in [-0.25, -0.2) is 0 Å². The van der Waals surface area contributed by atoms with Gasteiger partial charge in [0.1, 0.15) is 5.75 Å². The van der Waals surface area contributed by atoms with Gasteiger partial charge in [-0.15, -0.1) is 0 Å². The second-order valence-electron chi connectivity index (χ2n) is 5.28. The Kier molecular flexibility index (Phi) is 4.03. The third kappa shape index (κ3) is 3.20. The smallest absolute Gasteiger partial charge is 0.119 e. The first kappa shape index (κ1) is 13.2. The first-order chi connectivity index (χ1) is 9.86. The summed E-state index contributed by atoms with van der Waals surface area (Å²) in [6, 6.07) is 17.0. The van der Waals surface area contributed by atoms with Gasteiger partial charge in [0.2, 0.25) is 0 Å². The third-order valence-corrected chi connectivity index (χ3v) is 3.58. The van der Waals surface area contributed by atoms with Gasteiger partial charge in [-0.1, -0.05) is 43.3 Å². The molecule has 0 amide bonds. The van der Waals surface area contributed by atoms with Crippen molar-refractivity contribution in [3.8, 4) is 16.9 Å². The molecule has 0 atom stereocenters. The number of hydrogen-bond donors (Lipinski definition) is 1. The van der Waals surface area contributed by atoms with Crippen LogP contribution in [0, 0.1) is 0 Å². The lowest BCUT2D eigenvalue weighted by Crippen LogP contribution is -2.12. The van der Waals surface area contributed by atoms with E-state index < -0.39 is 0 Å². The highest BCUT2D eigenvalue weighted by Crippen LogP contribution is 2.29. The molecule has 2 aromatic carbocycles. The lowest BCUT2D eigenvalue weighted by Gasteiger charge is -2.11. The fraction of sp³-hybridized carbons (Fsp3) is 0.333. The minimum Gasteiger partial charge on any atom is -0.490 e. The summed E-state index contributed by atoms with van der Waals surface area (Å²) in [6.45, 7) is 4.03. The van der Waals surface area contributed by atoms with Gasteiger partial charge in [0.25, 0.3) is 0 Å². The van der Waals surface area contributed by atoms with Gasteiger partial charge in [0.05, 0.1) is 6.10 Å². The maximum atomic E-state index is 5.80. The first-order valence-electron chi connectivity index (χ1n) is 7.42. The monoisotopic (exact) mass is 267 g/mol. The van der Waals surface area contributed by atoms with Crippen LogP contribution in [0.25, 0.3) is 11.1 Å². The zero-order valence-corrected chi connectivity index (χ0v) is 11.9. The molecule has 0 bridgehead atoms. The van der Waals surface area contributed by atoms with Crippen LogP contribution in [0.5, 0.6) is 5.75 Å². The van der Waals surface area contributed by atoms with E-state index in [4.69, 9.17) is 4.74 Å². The van der Waals surface area contributed by atoms with Crippen LogP contribution in [0.2, 0.25) is 0 Å². The first-order valence-corrected chi connectivity index (χ1v) is 7.42. The average Bonchev–Trinajstić information content (AvgIpc) is 3.30. The van der Waals surface area contributed by atoms with E-state index in [9.17, 15) is 0 Å². The second-order valence-corrected chi connectivity index (χ2v) is 5.28. The van der Waals surface area contributed by atoms with Gasteiger partial charge in [0, 0.05) is 6.54 Å². The summed E-state index contributed by atoms with van der Waals surface area (Å²) in [7, 11) is 0. The molecule has 1 fully saturated rings. The Bertz CT molecular complexity index is 558. The molecule has 20 heavy (non-hydrogen) atoms. The van der Waals surface area contributed by atoms with Crippen molar-refractivity contribution in [2.45, 2.75) is 32.4 Å². The molecule has 3 rings (SSSR count). The van der Waals surface area contributed by atoms with Crippen molar-refractivity contribution in [3.05, 3.63) is 54.1 Å². The quantitative estimate of drug-likeness (QED) is 0.854. The van der Waals surface area contributed by atoms with Crippen LogP contribution in [0.4, 0.5) is 0 Å². The van der Waals surface area contributed by atoms with E-state index >= 15 is 0 Å². The van der Waals surface area contributed by atoms with Crippen molar-refractivity contribution in [1.82, 2.24) is 5.32 Å². The van der Waals surface area contributed by atoms with E-state index in [2.05, 4.69) is 60.8 Å². The predicted octanol–water partition coefficient (Wildman–Crippen LogP) is 4.00. The zero-order valence-electron chi connectivity index (χ0n) is 11.9. The van der Waals surface area contributed by atoms with Crippen molar-refractivity contribution < 1.29 is 4.74 Å². The minimum absolute atomic E-state index is 0.460. The summed E-state index contributed by atoms with van der Waals surface area (Å²) in [4.78, 5) is 0. The number of ether oxygens (including phenoxy) is 1. The van der Waals surface area contributed by atoms with Crippen LogP contribution in [0.3, 0.4) is 0 Å². The van der Waals surface area contributed by atoms with E-state index in [-0.39, 0.29) is 0 Å². The number of nitrogens with one attached hydrogen (secondary N) is 1. The van der Waals surface area contributed by atoms with Gasteiger partial charge < -0.3 is 10.1 Å². The minimum atomic E-state index is 0.460. The number of hydrogen-bond acceptors (Lipinski definition) is 2. The van der Waals surface area contributed by atoms with Gasteiger partial charge in [-0.3, -0.25) is 0 Å². The molecule has 0 radical (unpaired) electrons. The number of benzene rings is 2. The molecule has 0 saturated heterocycles. The van der Waals surface area contributed by atoms with Crippen LogP contribution in [-0.2, 0) is 6.54 Å². The van der Waals surface area contributed by atoms with Crippen LogP contribution >= 0.6 is 0 Å². The van der Waals surface area contributed by atoms with E-state index in [1.54, 1.807) is 0 Å². The molecule has 104 valence electrons. The second kappa shape index (κ2) is 6.10. The normalized spacial score (nSPS) is 14.2. The Morgan fingerprint density at radius 2 is 1.80 bits per heavy atom. The molecule has 2 aromatic rings. The summed E-state index contributed by atoms with van der Waals surface area (Å²) in [5.74, 6) is 0.986. The molecule has 2 nitrogen and oxygen atoms in total. The molecule has 1 aliphatic rings. The van der Waals surface area contributed by atoms with Crippen LogP contribution in [0.15, 0.2) is 48.5 Å². The SMILES string of the molecule is CCNCc1ccccc1-c1ccc(OC2CC2)cc1. The highest BCUT2D eigenvalue weighted by molar-refractivity contribution is 5.67. The highest BCUT2D eigenvalue weighted by Gasteiger charge is 2.23. The molecule has 1 aliphatic carbocycles. The summed E-state index contributed by atoms with van der Waals surface area (Å²) < 4.78 is 5.80. The zero-order chi connectivity index (χ0) is 13.8. The summed E-state index contributed by atoms with van der Waals surface area (Å²) in [6.07, 6.45) is 2.86. The molecular formula is C18H21NO. The van der Waals surface area contributed by atoms with Gasteiger partial charge in [-0.2, -0.15) is 0 Å². The third-order valence-electron chi connectivity index (χ3n) is 3.58. The van der Waals surface area contributed by atoms with Gasteiger partial charge >= 0.3 is 0 Å². The van der Waals surface area contributed by atoms with Gasteiger partial charge in [0.15, 0.2) is 0 Å². The molecule has 0 spiro atoms. The van der Waals surface area contributed by atoms with Crippen molar-refractivity contribution in [2.75, 3.05) is 6.54 Å². The fourth-order valence-corrected chi connectivity index (χ4v) is 2.31. The molecule has 2 heteroatoms. The summed E-state index contributed by atoms with van der Waals surface area (Å²) in [5, 5.41) is 3.40. The Labute approximate surface area is 120 Å². The van der Waals surface area contributed by atoms with E-state index in [0.717, 1.165) is 18.8 Å². The molecular weight excluding hydrogens is 246 g/mol. The molecule has 1 saturated carbocycles. The maximum Gasteiger partial charge on any atom is 0.119 e. The largest absolute Gasteiger partial charge is 0.490 e. The highest BCUT2D eigenvalue weighted by atomic mass is 16.5. The standard InChI is InChI=1S/C18H21NO/c1-2-19-13-15-5-3-4-6-18(15)14-7-9-16(10-8-14)20-17-11-12-17/h3-10,17,19H,2,11-13H2,1H3. The van der Waals surface area contributed by atoms with Gasteiger partial charge in [-0.05, 0) is 48.2 Å². The Morgan fingerprint density at radius 3 is 2.50 bits per heavy atom. The Morgan fingerprint density at radius 1 is 1.05 bits per heavy atom. The maximum absolute atomic E-state index is 5.80. The van der Waals surface area contributed by atoms with E-state index in [1.165, 1.54) is 29.5 Å². The summed E-state index contributed by atoms with van der Waals surface area (Å²) >= 11 is 0. The van der Waals surface area contributed by atoms with Crippen molar-refractivity contribution >= 4 is 0 Å². The lowest BCUT2D eigenvalue weighted by molar-refractivity contribution is 0.303. The molecule has 1 N–H and O–H groups in total. The van der Waals surface area contributed by atoms with Crippen molar-refractivity contribution in [1.29, 1.82) is 0 Å². The van der Waals surface area contributed by atoms with E-state index in [1.807, 2.05) is 0 Å². The fourth-order valence-electron chi connectivity index (χ4n) is 2.31. The van der Waals surface area contributed by atoms with Crippen molar-refractivity contribution in [2.24, 2.45) is 0 Å². The number of rotatable bonds is 6. The summed E-state index contributed by atoms with van der Waals surface area (Å²) in [5.41, 5.74) is 3.89. The lowest BCUT2D eigenvalue weighted by atomic mass is 9.99. The molecule has 0 aliphatic heterocycles. The average molecular weight is 267 g/mol. The van der Waals surface area contributed by atoms with Crippen LogP contribution in [-0.4, -0.2) is 12.6 Å². The Hall–Kier alpha value is -1.80. The van der Waals surface area contributed by atoms with Crippen LogP contribution < -0.4 is 10.1 Å². The van der Waals surface area contributed by atoms with E-state index in [0.29, 0.717) is 6.10 Å². The molecule has 0 unspecified atom stereocenters. The van der Waals surface area contributed by atoms with Crippen LogP contribution in [0.1, 0.15) is 25.3 Å². The van der Waals surface area contributed by atoms with Crippen molar-refractivity contribution in [3.63, 3.8) is 0 Å². The predicted molar refractivity (Wildman–Crippen MR) is 82.9 cm³/mol.